The highest BCUT2D eigenvalue weighted by molar-refractivity contribution is 6.36. The van der Waals surface area contributed by atoms with Crippen molar-refractivity contribution in [2.75, 3.05) is 19.2 Å². The van der Waals surface area contributed by atoms with Gasteiger partial charge in [0.25, 0.3) is 11.8 Å². The molecule has 0 unspecified atom stereocenters. The van der Waals surface area contributed by atoms with Crippen molar-refractivity contribution in [3.05, 3.63) is 88.9 Å². The third-order valence-corrected chi connectivity index (χ3v) is 5.69. The first-order valence-corrected chi connectivity index (χ1v) is 10.6. The van der Waals surface area contributed by atoms with E-state index in [0.717, 1.165) is 10.5 Å². The summed E-state index contributed by atoms with van der Waals surface area (Å²) in [5.41, 5.74) is 2.89. The minimum Gasteiger partial charge on any atom is -0.495 e. The van der Waals surface area contributed by atoms with E-state index < -0.39 is 17.6 Å². The van der Waals surface area contributed by atoms with Crippen LogP contribution in [0.3, 0.4) is 0 Å². The van der Waals surface area contributed by atoms with Crippen molar-refractivity contribution in [2.24, 2.45) is 0 Å². The summed E-state index contributed by atoms with van der Waals surface area (Å²) in [6.45, 7) is 2.08. The Kier molecular flexibility index (Phi) is 5.41. The van der Waals surface area contributed by atoms with Crippen molar-refractivity contribution in [3.63, 3.8) is 0 Å². The van der Waals surface area contributed by atoms with Crippen molar-refractivity contribution < 1.29 is 28.2 Å². The summed E-state index contributed by atoms with van der Waals surface area (Å²) < 4.78 is 29.7. The van der Waals surface area contributed by atoms with E-state index in [9.17, 15) is 14.0 Å². The van der Waals surface area contributed by atoms with E-state index in [1.165, 1.54) is 31.4 Å². The number of rotatable bonds is 6. The number of hydrogen-bond acceptors (Lipinski definition) is 6. The number of methoxy groups -OCH3 is 1. The standard InChI is InChI=1S/C26H21FN2O5/c1-15-3-9-20(32-2)19(11-15)28-24-23(17-5-7-18(27)8-6-17)25(30)29(26(24)31)13-16-4-10-21-22(12-16)34-14-33-21/h3-12,28H,13-14H2,1-2H3. The van der Waals surface area contributed by atoms with Gasteiger partial charge in [-0.25, -0.2) is 4.39 Å². The number of imide groups is 1. The van der Waals surface area contributed by atoms with Gasteiger partial charge in [-0.3, -0.25) is 14.5 Å². The van der Waals surface area contributed by atoms with E-state index in [-0.39, 0.29) is 24.6 Å². The summed E-state index contributed by atoms with van der Waals surface area (Å²) in [7, 11) is 1.53. The number of carbonyl (C=O) groups is 2. The van der Waals surface area contributed by atoms with Gasteiger partial charge < -0.3 is 19.5 Å². The molecule has 0 spiro atoms. The van der Waals surface area contributed by atoms with Gasteiger partial charge in [0.2, 0.25) is 6.79 Å². The molecule has 3 aromatic carbocycles. The van der Waals surface area contributed by atoms with E-state index in [0.29, 0.717) is 34.1 Å². The number of ether oxygens (including phenoxy) is 3. The van der Waals surface area contributed by atoms with Crippen LogP contribution < -0.4 is 19.5 Å². The van der Waals surface area contributed by atoms with Gasteiger partial charge in [0.05, 0.1) is 24.9 Å². The molecule has 1 N–H and O–H groups in total. The SMILES string of the molecule is COc1ccc(C)cc1NC1=C(c2ccc(F)cc2)C(=O)N(Cc2ccc3c(c2)OCO3)C1=O. The van der Waals surface area contributed by atoms with Crippen LogP contribution in [0, 0.1) is 12.7 Å². The largest absolute Gasteiger partial charge is 0.495 e. The first-order valence-electron chi connectivity index (χ1n) is 10.6. The van der Waals surface area contributed by atoms with Crippen molar-refractivity contribution >= 4 is 23.1 Å². The zero-order valence-electron chi connectivity index (χ0n) is 18.6. The Morgan fingerprint density at radius 2 is 1.74 bits per heavy atom. The second kappa shape index (κ2) is 8.55. The van der Waals surface area contributed by atoms with Crippen LogP contribution >= 0.6 is 0 Å². The van der Waals surface area contributed by atoms with Gasteiger partial charge in [0.15, 0.2) is 11.5 Å². The molecule has 172 valence electrons. The fraction of sp³-hybridized carbons (Fsp3) is 0.154. The van der Waals surface area contributed by atoms with Gasteiger partial charge >= 0.3 is 0 Å². The zero-order valence-corrected chi connectivity index (χ0v) is 18.6. The van der Waals surface area contributed by atoms with Crippen LogP contribution in [-0.4, -0.2) is 30.6 Å². The van der Waals surface area contributed by atoms with Crippen LogP contribution in [0.4, 0.5) is 10.1 Å². The number of carbonyl (C=O) groups excluding carboxylic acids is 2. The van der Waals surface area contributed by atoms with Crippen LogP contribution in [0.5, 0.6) is 17.2 Å². The van der Waals surface area contributed by atoms with E-state index in [1.807, 2.05) is 19.1 Å². The lowest BCUT2D eigenvalue weighted by Crippen LogP contribution is -2.32. The second-order valence-corrected chi connectivity index (χ2v) is 7.97. The number of anilines is 1. The lowest BCUT2D eigenvalue weighted by atomic mass is 10.0. The third-order valence-electron chi connectivity index (χ3n) is 5.69. The lowest BCUT2D eigenvalue weighted by Gasteiger charge is -2.16. The molecule has 2 aliphatic heterocycles. The van der Waals surface area contributed by atoms with Crippen molar-refractivity contribution in [1.29, 1.82) is 0 Å². The number of nitrogens with one attached hydrogen (secondary N) is 1. The molecule has 2 heterocycles. The van der Waals surface area contributed by atoms with E-state index >= 15 is 0 Å². The summed E-state index contributed by atoms with van der Waals surface area (Å²) >= 11 is 0. The molecule has 0 bridgehead atoms. The number of fused-ring (bicyclic) bond motifs is 1. The Bertz CT molecular complexity index is 1330. The Hall–Kier alpha value is -4.33. The van der Waals surface area contributed by atoms with Crippen LogP contribution in [0.25, 0.3) is 5.57 Å². The van der Waals surface area contributed by atoms with Gasteiger partial charge in [-0.15, -0.1) is 0 Å². The van der Waals surface area contributed by atoms with E-state index in [1.54, 1.807) is 24.3 Å². The summed E-state index contributed by atoms with van der Waals surface area (Å²) in [5.74, 6) is 0.279. The summed E-state index contributed by atoms with van der Waals surface area (Å²) in [5, 5.41) is 3.11. The lowest BCUT2D eigenvalue weighted by molar-refractivity contribution is -0.137. The summed E-state index contributed by atoms with van der Waals surface area (Å²) in [6, 6.07) is 16.2. The zero-order chi connectivity index (χ0) is 23.8. The second-order valence-electron chi connectivity index (χ2n) is 7.97. The molecule has 0 saturated heterocycles. The number of aryl methyl sites for hydroxylation is 1. The van der Waals surface area contributed by atoms with Gasteiger partial charge in [0, 0.05) is 0 Å². The highest BCUT2D eigenvalue weighted by Gasteiger charge is 2.39. The number of nitrogens with zero attached hydrogens (tertiary/aromatic N) is 1. The monoisotopic (exact) mass is 460 g/mol. The predicted molar refractivity (Wildman–Crippen MR) is 123 cm³/mol. The van der Waals surface area contributed by atoms with E-state index in [2.05, 4.69) is 5.32 Å². The Labute approximate surface area is 195 Å². The molecule has 0 aliphatic carbocycles. The molecule has 2 amide bonds. The molecular weight excluding hydrogens is 439 g/mol. The summed E-state index contributed by atoms with van der Waals surface area (Å²) in [4.78, 5) is 28.1. The van der Waals surface area contributed by atoms with Gasteiger partial charge in [-0.2, -0.15) is 0 Å². The van der Waals surface area contributed by atoms with Crippen molar-refractivity contribution in [2.45, 2.75) is 13.5 Å². The maximum Gasteiger partial charge on any atom is 0.278 e. The predicted octanol–water partition coefficient (Wildman–Crippen LogP) is 4.26. The minimum atomic E-state index is -0.495. The molecule has 7 nitrogen and oxygen atoms in total. The van der Waals surface area contributed by atoms with Gasteiger partial charge in [-0.05, 0) is 60.0 Å². The van der Waals surface area contributed by atoms with Gasteiger partial charge in [-0.1, -0.05) is 24.3 Å². The molecule has 3 aromatic rings. The van der Waals surface area contributed by atoms with Gasteiger partial charge in [0.1, 0.15) is 17.3 Å². The maximum atomic E-state index is 13.6. The molecule has 2 aliphatic rings. The van der Waals surface area contributed by atoms with Crippen LogP contribution in [0.15, 0.2) is 66.4 Å². The molecule has 0 saturated carbocycles. The molecule has 34 heavy (non-hydrogen) atoms. The Balaban J connectivity index is 1.54. The van der Waals surface area contributed by atoms with Crippen molar-refractivity contribution in [1.82, 2.24) is 4.90 Å². The molecule has 0 fully saturated rings. The van der Waals surface area contributed by atoms with E-state index in [4.69, 9.17) is 14.2 Å². The molecule has 0 aromatic heterocycles. The number of hydrogen-bond donors (Lipinski definition) is 1. The average molecular weight is 460 g/mol. The number of amides is 2. The first kappa shape index (κ1) is 21.5. The molecule has 5 rings (SSSR count). The van der Waals surface area contributed by atoms with Crippen molar-refractivity contribution in [3.8, 4) is 17.2 Å². The quantitative estimate of drug-likeness (QED) is 0.554. The smallest absolute Gasteiger partial charge is 0.278 e. The number of halogens is 1. The minimum absolute atomic E-state index is 0.0368. The maximum absolute atomic E-state index is 13.6. The molecular formula is C26H21FN2O5. The fourth-order valence-electron chi connectivity index (χ4n) is 4.00. The Morgan fingerprint density at radius 1 is 0.971 bits per heavy atom. The Morgan fingerprint density at radius 3 is 2.50 bits per heavy atom. The fourth-order valence-corrected chi connectivity index (χ4v) is 4.00. The average Bonchev–Trinajstić information content (AvgIpc) is 3.38. The molecule has 0 atom stereocenters. The normalized spacial score (nSPS) is 14.7. The molecule has 8 heteroatoms. The van der Waals surface area contributed by atoms with Crippen LogP contribution in [0.1, 0.15) is 16.7 Å². The topological polar surface area (TPSA) is 77.1 Å². The number of benzene rings is 3. The first-order chi connectivity index (χ1) is 16.4. The highest BCUT2D eigenvalue weighted by atomic mass is 19.1. The van der Waals surface area contributed by atoms with Crippen LogP contribution in [0.2, 0.25) is 0 Å². The highest BCUT2D eigenvalue weighted by Crippen LogP contribution is 2.36. The molecule has 0 radical (unpaired) electrons. The summed E-state index contributed by atoms with van der Waals surface area (Å²) in [6.07, 6.45) is 0. The van der Waals surface area contributed by atoms with Crippen LogP contribution in [-0.2, 0) is 16.1 Å². The third kappa shape index (κ3) is 3.83.